The van der Waals surface area contributed by atoms with Gasteiger partial charge in [0.05, 0.1) is 39.4 Å². The fourth-order valence-electron chi connectivity index (χ4n) is 12.1. The number of anilines is 2. The number of piperidine rings is 2. The van der Waals surface area contributed by atoms with E-state index in [0.29, 0.717) is 41.5 Å². The molecule has 4 aromatic rings. The number of carbonyl (C=O) groups excluding carboxylic acids is 5. The molecule has 0 radical (unpaired) electrons. The van der Waals surface area contributed by atoms with Gasteiger partial charge in [-0.15, -0.1) is 0 Å². The second-order valence-corrected chi connectivity index (χ2v) is 19.9. The number of rotatable bonds is 9. The van der Waals surface area contributed by atoms with E-state index in [1.54, 1.807) is 36.5 Å². The molecule has 15 nitrogen and oxygen atoms in total. The van der Waals surface area contributed by atoms with Crippen molar-refractivity contribution in [2.45, 2.75) is 76.1 Å². The molecular formula is C50H54FN9O6. The number of pyridine rings is 1. The summed E-state index contributed by atoms with van der Waals surface area (Å²) >= 11 is 0. The number of nitrogens with zero attached hydrogens (tertiary/aromatic N) is 7. The van der Waals surface area contributed by atoms with Crippen molar-refractivity contribution in [3.63, 3.8) is 0 Å². The second kappa shape index (κ2) is 16.2. The van der Waals surface area contributed by atoms with Gasteiger partial charge in [-0.3, -0.25) is 44.1 Å². The second-order valence-electron chi connectivity index (χ2n) is 19.9. The molecule has 5 aliphatic heterocycles. The van der Waals surface area contributed by atoms with Crippen molar-refractivity contribution in [2.75, 3.05) is 69.7 Å². The fourth-order valence-corrected chi connectivity index (χ4v) is 12.1. The van der Waals surface area contributed by atoms with Crippen molar-refractivity contribution in [2.24, 2.45) is 11.3 Å². The Kier molecular flexibility index (Phi) is 10.6. The number of amides is 5. The van der Waals surface area contributed by atoms with Gasteiger partial charge in [0, 0.05) is 86.5 Å². The number of imide groups is 2. The highest BCUT2D eigenvalue weighted by molar-refractivity contribution is 6.23. The molecular weight excluding hydrogens is 842 g/mol. The number of nitrogens with one attached hydrogen (secondary N) is 2. The molecule has 10 rings (SSSR count). The minimum atomic E-state index is -1.01. The van der Waals surface area contributed by atoms with Crippen molar-refractivity contribution in [3.8, 4) is 11.8 Å². The van der Waals surface area contributed by atoms with E-state index in [1.807, 2.05) is 18.2 Å². The highest BCUT2D eigenvalue weighted by atomic mass is 19.1. The van der Waals surface area contributed by atoms with Gasteiger partial charge >= 0.3 is 0 Å². The summed E-state index contributed by atoms with van der Waals surface area (Å²) in [5.74, 6) is -1.77. The van der Waals surface area contributed by atoms with Crippen LogP contribution in [0.15, 0.2) is 60.8 Å². The van der Waals surface area contributed by atoms with Gasteiger partial charge in [-0.1, -0.05) is 13.8 Å². The molecule has 3 aromatic carbocycles. The monoisotopic (exact) mass is 895 g/mol. The summed E-state index contributed by atoms with van der Waals surface area (Å²) < 4.78 is 22.6. The van der Waals surface area contributed by atoms with Crippen LogP contribution in [-0.4, -0.2) is 133 Å². The summed E-state index contributed by atoms with van der Waals surface area (Å²) in [5, 5.41) is 16.1. The van der Waals surface area contributed by atoms with E-state index < -0.39 is 46.3 Å². The summed E-state index contributed by atoms with van der Waals surface area (Å²) in [4.78, 5) is 79.7. The maximum atomic E-state index is 16.0. The van der Waals surface area contributed by atoms with Crippen LogP contribution < -0.4 is 25.2 Å². The molecule has 5 amide bonds. The Balaban J connectivity index is 0.766. The number of likely N-dealkylation sites (N-methyl/N-ethyl adjacent to an activating group) is 1. The van der Waals surface area contributed by atoms with Crippen LogP contribution in [0.3, 0.4) is 0 Å². The number of aromatic nitrogens is 1. The summed E-state index contributed by atoms with van der Waals surface area (Å²) in [6.45, 7) is 11.6. The summed E-state index contributed by atoms with van der Waals surface area (Å²) in [6, 6.07) is 16.6. The van der Waals surface area contributed by atoms with E-state index in [9.17, 15) is 29.2 Å². The standard InChI is InChI=1S/C50H54FN9O6/c1-49(2)47(50(3)35-14-17-53-42-30(24-52)7-12-39(41(35)42)66-48(49)50)55-43(62)29-6-10-37(36(51)22-29)57-18-15-28(16-19-57)25-58-20-21-59(27-32(58)26-56(4)5)31-8-9-33-34(23-31)46(65)60(45(33)64)38-11-13-40(61)54-44(38)63/h6-10,12,14,17,22-23,28,32,38,47-48H,11,13,15-16,18-21,25-27H2,1-5H3,(H,55,62)(H,54,61,63)/t32?,38?,47?,48-,50?/m0/s1. The molecule has 6 aliphatic rings. The molecule has 0 bridgehead atoms. The summed E-state index contributed by atoms with van der Waals surface area (Å²) in [7, 11) is 4.11. The Bertz CT molecular complexity index is 2760. The summed E-state index contributed by atoms with van der Waals surface area (Å²) in [6.07, 6.45) is 3.42. The highest BCUT2D eigenvalue weighted by Crippen LogP contribution is 2.61. The Hall–Kier alpha value is -6.44. The quantitative estimate of drug-likeness (QED) is 0.227. The zero-order chi connectivity index (χ0) is 46.4. The lowest BCUT2D eigenvalue weighted by molar-refractivity contribution is -0.136. The SMILES string of the molecule is CN(C)CC1CN(c2ccc3c(c2)C(=O)N(C2CCC(=O)NC2=O)C3=O)CCN1CC1CCN(c2ccc(C(=O)NC3C(C)(C)[C@@H]4Oc5ccc(C#N)c6nccc(c56)C34C)cc2F)CC1. The van der Waals surface area contributed by atoms with Crippen LogP contribution in [0.1, 0.15) is 88.7 Å². The molecule has 1 aliphatic carbocycles. The van der Waals surface area contributed by atoms with Crippen LogP contribution in [0, 0.1) is 28.5 Å². The van der Waals surface area contributed by atoms with Gasteiger partial charge in [0.25, 0.3) is 17.7 Å². The number of ether oxygens (including phenoxy) is 1. The van der Waals surface area contributed by atoms with Gasteiger partial charge in [0.2, 0.25) is 11.8 Å². The number of nitriles is 1. The molecule has 1 aromatic heterocycles. The van der Waals surface area contributed by atoms with E-state index in [0.717, 1.165) is 67.1 Å². The lowest BCUT2D eigenvalue weighted by Gasteiger charge is -2.66. The third-order valence-electron chi connectivity index (χ3n) is 15.3. The maximum Gasteiger partial charge on any atom is 0.262 e. The Morgan fingerprint density at radius 3 is 2.45 bits per heavy atom. The smallest absolute Gasteiger partial charge is 0.262 e. The fraction of sp³-hybridized carbons (Fsp3) is 0.460. The average Bonchev–Trinajstić information content (AvgIpc) is 3.54. The number of hydrogen-bond donors (Lipinski definition) is 2. The van der Waals surface area contributed by atoms with E-state index in [1.165, 1.54) is 6.07 Å². The lowest BCUT2D eigenvalue weighted by Crippen LogP contribution is -2.78. The number of carbonyl (C=O) groups is 5. The maximum absolute atomic E-state index is 16.0. The number of halogens is 1. The zero-order valence-corrected chi connectivity index (χ0v) is 37.9. The first-order chi connectivity index (χ1) is 31.6. The first-order valence-electron chi connectivity index (χ1n) is 22.9. The molecule has 1 saturated carbocycles. The van der Waals surface area contributed by atoms with Gasteiger partial charge in [-0.2, -0.15) is 5.26 Å². The van der Waals surface area contributed by atoms with Crippen LogP contribution >= 0.6 is 0 Å². The molecule has 3 saturated heterocycles. The molecule has 342 valence electrons. The summed E-state index contributed by atoms with van der Waals surface area (Å²) in [5.41, 5.74) is 3.06. The van der Waals surface area contributed by atoms with Gasteiger partial charge in [-0.25, -0.2) is 4.39 Å². The Morgan fingerprint density at radius 2 is 1.73 bits per heavy atom. The molecule has 2 N–H and O–H groups in total. The minimum Gasteiger partial charge on any atom is -0.488 e. The first-order valence-corrected chi connectivity index (χ1v) is 22.9. The number of benzene rings is 3. The largest absolute Gasteiger partial charge is 0.488 e. The first kappa shape index (κ1) is 43.5. The molecule has 0 spiro atoms. The normalized spacial score (nSPS) is 26.1. The van der Waals surface area contributed by atoms with Crippen molar-refractivity contribution in [1.82, 2.24) is 30.3 Å². The van der Waals surface area contributed by atoms with Gasteiger partial charge < -0.3 is 24.8 Å². The van der Waals surface area contributed by atoms with Crippen molar-refractivity contribution in [1.29, 1.82) is 5.26 Å². The Labute approximate surface area is 382 Å². The third-order valence-corrected chi connectivity index (χ3v) is 15.3. The van der Waals surface area contributed by atoms with Gasteiger partial charge in [-0.05, 0) is 106 Å². The van der Waals surface area contributed by atoms with E-state index in [4.69, 9.17) is 4.74 Å². The van der Waals surface area contributed by atoms with E-state index >= 15 is 4.39 Å². The molecule has 6 heterocycles. The van der Waals surface area contributed by atoms with Crippen LogP contribution in [-0.2, 0) is 15.0 Å². The molecule has 5 atom stereocenters. The highest BCUT2D eigenvalue weighted by Gasteiger charge is 2.69. The molecule has 16 heteroatoms. The molecule has 66 heavy (non-hydrogen) atoms. The average molecular weight is 896 g/mol. The van der Waals surface area contributed by atoms with E-state index in [-0.39, 0.29) is 53.6 Å². The molecule has 4 fully saturated rings. The number of fused-ring (bicyclic) bond motifs is 3. The number of piperazine rings is 1. The van der Waals surface area contributed by atoms with Crippen molar-refractivity contribution in [3.05, 3.63) is 94.4 Å². The zero-order valence-electron chi connectivity index (χ0n) is 37.9. The predicted octanol–water partition coefficient (Wildman–Crippen LogP) is 4.47. The number of hydrogen-bond acceptors (Lipinski definition) is 12. The van der Waals surface area contributed by atoms with Gasteiger partial charge in [0.15, 0.2) is 0 Å². The van der Waals surface area contributed by atoms with Crippen LogP contribution in [0.2, 0.25) is 0 Å². The predicted molar refractivity (Wildman–Crippen MR) is 244 cm³/mol. The van der Waals surface area contributed by atoms with E-state index in [2.05, 4.69) is 76.2 Å². The molecule has 4 unspecified atom stereocenters. The lowest BCUT2D eigenvalue weighted by atomic mass is 9.45. The topological polar surface area (TPSA) is 172 Å². The van der Waals surface area contributed by atoms with Crippen LogP contribution in [0.5, 0.6) is 5.75 Å². The van der Waals surface area contributed by atoms with Gasteiger partial charge in [0.1, 0.15) is 29.8 Å². The third kappa shape index (κ3) is 6.97. The van der Waals surface area contributed by atoms with Crippen molar-refractivity contribution < 1.29 is 33.1 Å². The van der Waals surface area contributed by atoms with Crippen LogP contribution in [0.25, 0.3) is 10.9 Å². The van der Waals surface area contributed by atoms with Crippen molar-refractivity contribution >= 4 is 51.8 Å². The minimum absolute atomic E-state index is 0.0679. The Morgan fingerprint density at radius 1 is 0.955 bits per heavy atom. The van der Waals surface area contributed by atoms with Crippen LogP contribution in [0.4, 0.5) is 15.8 Å².